The highest BCUT2D eigenvalue weighted by Crippen LogP contribution is 2.10. The number of carbonyl (C=O) groups is 1. The Bertz CT molecular complexity index is 285. The van der Waals surface area contributed by atoms with Gasteiger partial charge in [-0.2, -0.15) is 0 Å². The summed E-state index contributed by atoms with van der Waals surface area (Å²) in [7, 11) is 1.60. The quantitative estimate of drug-likeness (QED) is 0.732. The molecule has 0 atom stereocenters. The van der Waals surface area contributed by atoms with Crippen LogP contribution in [0, 0.1) is 6.92 Å². The van der Waals surface area contributed by atoms with Gasteiger partial charge in [-0.25, -0.2) is 4.98 Å². The molecule has 0 saturated heterocycles. The lowest BCUT2D eigenvalue weighted by Crippen LogP contribution is -2.26. The predicted molar refractivity (Wildman–Crippen MR) is 51.1 cm³/mol. The summed E-state index contributed by atoms with van der Waals surface area (Å²) in [4.78, 5) is 16.3. The molecule has 1 rings (SSSR count). The molecule has 0 aliphatic rings. The van der Waals surface area contributed by atoms with Crippen molar-refractivity contribution < 1.29 is 9.53 Å². The maximum Gasteiger partial charge on any atom is 0.280 e. The summed E-state index contributed by atoms with van der Waals surface area (Å²) < 4.78 is 4.80. The number of carbonyl (C=O) groups excluding carboxylic acids is 1. The van der Waals surface area contributed by atoms with Crippen LogP contribution in [0.4, 0.5) is 0 Å². The summed E-state index contributed by atoms with van der Waals surface area (Å²) in [6.45, 7) is 2.97. The van der Waals surface area contributed by atoms with E-state index >= 15 is 0 Å². The molecule has 0 aromatic carbocycles. The van der Waals surface area contributed by atoms with E-state index in [2.05, 4.69) is 10.3 Å². The van der Waals surface area contributed by atoms with Crippen LogP contribution in [-0.4, -0.2) is 31.2 Å². The molecule has 0 bridgehead atoms. The Labute approximate surface area is 80.9 Å². The van der Waals surface area contributed by atoms with Gasteiger partial charge in [0.05, 0.1) is 6.61 Å². The standard InChI is InChI=1S/C8H12N2O2S/c1-6-5-10-8(13-6)7(11)9-3-4-12-2/h5H,3-4H2,1-2H3,(H,9,11). The summed E-state index contributed by atoms with van der Waals surface area (Å²) >= 11 is 1.39. The predicted octanol–water partition coefficient (Wildman–Crippen LogP) is 0.828. The van der Waals surface area contributed by atoms with Crippen LogP contribution in [0.3, 0.4) is 0 Å². The number of hydrogen-bond acceptors (Lipinski definition) is 4. The van der Waals surface area contributed by atoms with Crippen molar-refractivity contribution in [2.24, 2.45) is 0 Å². The first-order valence-corrected chi connectivity index (χ1v) is 4.75. The Morgan fingerprint density at radius 3 is 3.08 bits per heavy atom. The first-order chi connectivity index (χ1) is 6.24. The fourth-order valence-corrected chi connectivity index (χ4v) is 1.48. The fraction of sp³-hybridized carbons (Fsp3) is 0.500. The van der Waals surface area contributed by atoms with Crippen LogP contribution in [0.5, 0.6) is 0 Å². The van der Waals surface area contributed by atoms with Crippen molar-refractivity contribution in [1.29, 1.82) is 0 Å². The van der Waals surface area contributed by atoms with Crippen molar-refractivity contribution in [2.45, 2.75) is 6.92 Å². The Kier molecular flexibility index (Phi) is 3.85. The smallest absolute Gasteiger partial charge is 0.280 e. The minimum atomic E-state index is -0.129. The average Bonchev–Trinajstić information content (AvgIpc) is 2.52. The molecular weight excluding hydrogens is 188 g/mol. The number of amides is 1. The molecule has 0 aliphatic heterocycles. The Hall–Kier alpha value is -0.940. The number of nitrogens with zero attached hydrogens (tertiary/aromatic N) is 1. The number of rotatable bonds is 4. The zero-order valence-corrected chi connectivity index (χ0v) is 8.48. The molecule has 0 spiro atoms. The van der Waals surface area contributed by atoms with E-state index in [1.54, 1.807) is 13.3 Å². The van der Waals surface area contributed by atoms with E-state index in [4.69, 9.17) is 4.74 Å². The van der Waals surface area contributed by atoms with Gasteiger partial charge < -0.3 is 10.1 Å². The summed E-state index contributed by atoms with van der Waals surface area (Å²) in [5.41, 5.74) is 0. The van der Waals surface area contributed by atoms with Gasteiger partial charge in [-0.1, -0.05) is 0 Å². The molecule has 13 heavy (non-hydrogen) atoms. The van der Waals surface area contributed by atoms with E-state index < -0.39 is 0 Å². The molecule has 0 saturated carbocycles. The number of aromatic nitrogens is 1. The number of ether oxygens (including phenoxy) is 1. The van der Waals surface area contributed by atoms with Crippen molar-refractivity contribution in [1.82, 2.24) is 10.3 Å². The number of nitrogens with one attached hydrogen (secondary N) is 1. The third-order valence-electron chi connectivity index (χ3n) is 1.41. The Balaban J connectivity index is 2.40. The van der Waals surface area contributed by atoms with E-state index in [0.717, 1.165) is 4.88 Å². The molecule has 1 aromatic rings. The summed E-state index contributed by atoms with van der Waals surface area (Å²) in [5.74, 6) is -0.129. The van der Waals surface area contributed by atoms with Gasteiger partial charge in [0.25, 0.3) is 5.91 Å². The molecule has 72 valence electrons. The largest absolute Gasteiger partial charge is 0.383 e. The highest BCUT2D eigenvalue weighted by Gasteiger charge is 2.07. The summed E-state index contributed by atoms with van der Waals surface area (Å²) in [6, 6.07) is 0. The van der Waals surface area contributed by atoms with Gasteiger partial charge in [-0.3, -0.25) is 4.79 Å². The second-order valence-electron chi connectivity index (χ2n) is 2.52. The minimum absolute atomic E-state index is 0.129. The van der Waals surface area contributed by atoms with Crippen molar-refractivity contribution >= 4 is 17.2 Å². The normalized spacial score (nSPS) is 10.0. The third-order valence-corrected chi connectivity index (χ3v) is 2.32. The first-order valence-electron chi connectivity index (χ1n) is 3.93. The maximum absolute atomic E-state index is 11.3. The van der Waals surface area contributed by atoms with Crippen LogP contribution in [0.25, 0.3) is 0 Å². The molecule has 0 fully saturated rings. The van der Waals surface area contributed by atoms with Crippen LogP contribution in [0.2, 0.25) is 0 Å². The van der Waals surface area contributed by atoms with Gasteiger partial charge in [0, 0.05) is 24.7 Å². The van der Waals surface area contributed by atoms with Crippen LogP contribution >= 0.6 is 11.3 Å². The van der Waals surface area contributed by atoms with Crippen molar-refractivity contribution in [3.63, 3.8) is 0 Å². The van der Waals surface area contributed by atoms with Gasteiger partial charge in [-0.05, 0) is 6.92 Å². The SMILES string of the molecule is COCCNC(=O)c1ncc(C)s1. The lowest BCUT2D eigenvalue weighted by molar-refractivity contribution is 0.0937. The van der Waals surface area contributed by atoms with Crippen LogP contribution in [-0.2, 0) is 4.74 Å². The van der Waals surface area contributed by atoms with Crippen molar-refractivity contribution in [3.05, 3.63) is 16.1 Å². The van der Waals surface area contributed by atoms with E-state index in [1.807, 2.05) is 6.92 Å². The topological polar surface area (TPSA) is 51.2 Å². The van der Waals surface area contributed by atoms with E-state index in [9.17, 15) is 4.79 Å². The van der Waals surface area contributed by atoms with Gasteiger partial charge >= 0.3 is 0 Å². The molecule has 0 aliphatic carbocycles. The second kappa shape index (κ2) is 4.94. The molecule has 0 unspecified atom stereocenters. The van der Waals surface area contributed by atoms with Crippen molar-refractivity contribution in [2.75, 3.05) is 20.3 Å². The molecule has 1 N–H and O–H groups in total. The molecular formula is C8H12N2O2S. The maximum atomic E-state index is 11.3. The molecule has 1 amide bonds. The zero-order chi connectivity index (χ0) is 9.68. The first kappa shape index (κ1) is 10.1. The molecule has 1 heterocycles. The van der Waals surface area contributed by atoms with Crippen molar-refractivity contribution in [3.8, 4) is 0 Å². The highest BCUT2D eigenvalue weighted by molar-refractivity contribution is 7.13. The number of aryl methyl sites for hydroxylation is 1. The zero-order valence-electron chi connectivity index (χ0n) is 7.66. The Morgan fingerprint density at radius 2 is 2.54 bits per heavy atom. The van der Waals surface area contributed by atoms with Gasteiger partial charge in [0.1, 0.15) is 0 Å². The number of hydrogen-bond donors (Lipinski definition) is 1. The lowest BCUT2D eigenvalue weighted by atomic mass is 10.6. The van der Waals surface area contributed by atoms with Gasteiger partial charge in [0.2, 0.25) is 0 Å². The average molecular weight is 200 g/mol. The monoisotopic (exact) mass is 200 g/mol. The van der Waals surface area contributed by atoms with E-state index in [1.165, 1.54) is 11.3 Å². The van der Waals surface area contributed by atoms with Crippen LogP contribution in [0.15, 0.2) is 6.20 Å². The summed E-state index contributed by atoms with van der Waals surface area (Å²) in [6.07, 6.45) is 1.69. The van der Waals surface area contributed by atoms with E-state index in [-0.39, 0.29) is 5.91 Å². The Morgan fingerprint density at radius 1 is 1.77 bits per heavy atom. The summed E-state index contributed by atoms with van der Waals surface area (Å²) in [5, 5.41) is 3.21. The fourth-order valence-electron chi connectivity index (χ4n) is 0.802. The van der Waals surface area contributed by atoms with Crippen LogP contribution < -0.4 is 5.32 Å². The lowest BCUT2D eigenvalue weighted by Gasteiger charge is -2.00. The minimum Gasteiger partial charge on any atom is -0.383 e. The van der Waals surface area contributed by atoms with Gasteiger partial charge in [0.15, 0.2) is 5.01 Å². The van der Waals surface area contributed by atoms with Gasteiger partial charge in [-0.15, -0.1) is 11.3 Å². The second-order valence-corrected chi connectivity index (χ2v) is 3.76. The third kappa shape index (κ3) is 3.12. The molecule has 0 radical (unpaired) electrons. The van der Waals surface area contributed by atoms with E-state index in [0.29, 0.717) is 18.2 Å². The molecule has 1 aromatic heterocycles. The number of thiazole rings is 1. The number of methoxy groups -OCH3 is 1. The molecule has 4 nitrogen and oxygen atoms in total. The highest BCUT2D eigenvalue weighted by atomic mass is 32.1. The van der Waals surface area contributed by atoms with Crippen LogP contribution in [0.1, 0.15) is 14.7 Å². The molecule has 5 heteroatoms.